The van der Waals surface area contributed by atoms with Crippen LogP contribution in [-0.4, -0.2) is 34.7 Å². The number of rotatable bonds is 3. The molecule has 0 saturated carbocycles. The van der Waals surface area contributed by atoms with E-state index in [-0.39, 0.29) is 11.1 Å². The van der Waals surface area contributed by atoms with E-state index in [9.17, 15) is 4.79 Å². The van der Waals surface area contributed by atoms with Crippen LogP contribution in [0.4, 0.5) is 0 Å². The van der Waals surface area contributed by atoms with Crippen molar-refractivity contribution in [3.05, 3.63) is 64.9 Å². The lowest BCUT2D eigenvalue weighted by Gasteiger charge is -2.19. The topological polar surface area (TPSA) is 45.6 Å². The maximum Gasteiger partial charge on any atom is 0.262 e. The van der Waals surface area contributed by atoms with Crippen LogP contribution < -0.4 is 0 Å². The van der Waals surface area contributed by atoms with Gasteiger partial charge < -0.3 is 0 Å². The molecule has 2 aromatic rings. The van der Waals surface area contributed by atoms with Gasteiger partial charge in [0.1, 0.15) is 11.0 Å². The zero-order valence-electron chi connectivity index (χ0n) is 11.4. The van der Waals surface area contributed by atoms with E-state index in [2.05, 4.69) is 9.98 Å². The summed E-state index contributed by atoms with van der Waals surface area (Å²) in [6.45, 7) is 1.22. The molecule has 106 valence electrons. The second-order valence-electron chi connectivity index (χ2n) is 4.76. The first kappa shape index (κ1) is 13.8. The average molecular weight is 300 g/mol. The predicted molar refractivity (Wildman–Crippen MR) is 82.7 cm³/mol. The summed E-state index contributed by atoms with van der Waals surface area (Å²) in [5.74, 6) is 0.645. The fraction of sp³-hybridized carbons (Fsp3) is 0.188. The molecule has 0 fully saturated rings. The molecule has 3 rings (SSSR count). The molecule has 0 unspecified atom stereocenters. The lowest BCUT2D eigenvalue weighted by molar-refractivity contribution is 0.0856. The molecule has 1 aromatic heterocycles. The minimum absolute atomic E-state index is 0.139. The molecule has 1 amide bonds. The van der Waals surface area contributed by atoms with Crippen molar-refractivity contribution in [2.75, 3.05) is 13.1 Å². The number of aliphatic imine (C=N–C) groups is 1. The van der Waals surface area contributed by atoms with Crippen molar-refractivity contribution in [1.82, 2.24) is 9.88 Å². The highest BCUT2D eigenvalue weighted by Crippen LogP contribution is 2.17. The van der Waals surface area contributed by atoms with Crippen LogP contribution in [0.1, 0.15) is 15.9 Å². The molecule has 1 aliphatic heterocycles. The van der Waals surface area contributed by atoms with Gasteiger partial charge in [0.15, 0.2) is 0 Å². The quantitative estimate of drug-likeness (QED) is 0.818. The Morgan fingerprint density at radius 2 is 2.00 bits per heavy atom. The Labute approximate surface area is 128 Å². The molecule has 2 heterocycles. The van der Waals surface area contributed by atoms with E-state index in [1.165, 1.54) is 0 Å². The predicted octanol–water partition coefficient (Wildman–Crippen LogP) is 2.83. The largest absolute Gasteiger partial charge is 0.294 e. The second kappa shape index (κ2) is 6.06. The molecule has 1 aliphatic rings. The zero-order chi connectivity index (χ0) is 14.7. The van der Waals surface area contributed by atoms with Crippen LogP contribution in [0.3, 0.4) is 0 Å². The molecule has 0 saturated heterocycles. The van der Waals surface area contributed by atoms with Gasteiger partial charge in [-0.1, -0.05) is 41.9 Å². The van der Waals surface area contributed by atoms with Crippen molar-refractivity contribution in [1.29, 1.82) is 0 Å². The Bertz CT molecular complexity index is 685. The molecule has 0 atom stereocenters. The van der Waals surface area contributed by atoms with Crippen LogP contribution in [0.5, 0.6) is 0 Å². The van der Waals surface area contributed by atoms with Crippen LogP contribution in [-0.2, 0) is 6.42 Å². The highest BCUT2D eigenvalue weighted by Gasteiger charge is 2.26. The summed E-state index contributed by atoms with van der Waals surface area (Å²) < 4.78 is 0. The number of carbonyl (C=O) groups excluding carboxylic acids is 1. The van der Waals surface area contributed by atoms with Crippen LogP contribution >= 0.6 is 11.6 Å². The third kappa shape index (κ3) is 2.95. The summed E-state index contributed by atoms with van der Waals surface area (Å²) >= 11 is 6.01. The van der Waals surface area contributed by atoms with Crippen LogP contribution in [0.15, 0.2) is 53.7 Å². The van der Waals surface area contributed by atoms with Gasteiger partial charge in [0.2, 0.25) is 0 Å². The fourth-order valence-corrected chi connectivity index (χ4v) is 2.53. The number of amides is 1. The van der Waals surface area contributed by atoms with Gasteiger partial charge in [-0.15, -0.1) is 0 Å². The lowest BCUT2D eigenvalue weighted by Crippen LogP contribution is -2.35. The van der Waals surface area contributed by atoms with Crippen molar-refractivity contribution in [2.45, 2.75) is 6.42 Å². The van der Waals surface area contributed by atoms with Gasteiger partial charge in [-0.2, -0.15) is 0 Å². The summed E-state index contributed by atoms with van der Waals surface area (Å²) in [5.41, 5.74) is 1.55. The van der Waals surface area contributed by atoms with E-state index < -0.39 is 0 Å². The summed E-state index contributed by atoms with van der Waals surface area (Å²) in [6.07, 6.45) is 2.21. The lowest BCUT2D eigenvalue weighted by atomic mass is 10.1. The Hall–Kier alpha value is -2.20. The Morgan fingerprint density at radius 1 is 1.19 bits per heavy atom. The molecule has 0 aliphatic carbocycles. The monoisotopic (exact) mass is 299 g/mol. The molecule has 0 spiro atoms. The molecule has 0 bridgehead atoms. The Balaban J connectivity index is 1.81. The molecule has 0 N–H and O–H groups in total. The van der Waals surface area contributed by atoms with E-state index in [4.69, 9.17) is 11.6 Å². The summed E-state index contributed by atoms with van der Waals surface area (Å²) in [5, 5.41) is 0.230. The first-order valence-corrected chi connectivity index (χ1v) is 7.13. The van der Waals surface area contributed by atoms with Crippen LogP contribution in [0.25, 0.3) is 0 Å². The molecule has 21 heavy (non-hydrogen) atoms. The Morgan fingerprint density at radius 3 is 2.76 bits per heavy atom. The van der Waals surface area contributed by atoms with Gasteiger partial charge in [0.05, 0.1) is 12.1 Å². The molecular weight excluding hydrogens is 286 g/mol. The number of benzene rings is 1. The number of halogens is 1. The highest BCUT2D eigenvalue weighted by atomic mass is 35.5. The summed E-state index contributed by atoms with van der Waals surface area (Å²) in [6, 6.07) is 13.4. The number of amidine groups is 1. The van der Waals surface area contributed by atoms with E-state index in [0.717, 1.165) is 11.4 Å². The fourth-order valence-electron chi connectivity index (χ4n) is 2.33. The standard InChI is InChI=1S/C16H14ClN3O/c17-15-13(7-4-8-19-15)16(21)20-10-9-18-14(20)11-12-5-2-1-3-6-12/h1-8H,9-11H2. The summed E-state index contributed by atoms with van der Waals surface area (Å²) in [4.78, 5) is 22.7. The highest BCUT2D eigenvalue weighted by molar-refractivity contribution is 6.33. The smallest absolute Gasteiger partial charge is 0.262 e. The molecule has 5 heteroatoms. The van der Waals surface area contributed by atoms with Crippen molar-refractivity contribution in [2.24, 2.45) is 4.99 Å². The maximum atomic E-state index is 12.6. The van der Waals surface area contributed by atoms with Gasteiger partial charge in [-0.25, -0.2) is 4.98 Å². The molecule has 4 nitrogen and oxygen atoms in total. The SMILES string of the molecule is O=C(c1cccnc1Cl)N1CCN=C1Cc1ccccc1. The number of hydrogen-bond acceptors (Lipinski definition) is 3. The first-order valence-electron chi connectivity index (χ1n) is 6.75. The van der Waals surface area contributed by atoms with E-state index in [0.29, 0.717) is 25.1 Å². The van der Waals surface area contributed by atoms with Crippen molar-refractivity contribution in [3.8, 4) is 0 Å². The Kier molecular flexibility index (Phi) is 3.97. The molecule has 0 radical (unpaired) electrons. The van der Waals surface area contributed by atoms with E-state index in [1.54, 1.807) is 23.2 Å². The minimum Gasteiger partial charge on any atom is -0.294 e. The van der Waals surface area contributed by atoms with Crippen molar-refractivity contribution < 1.29 is 4.79 Å². The van der Waals surface area contributed by atoms with E-state index in [1.807, 2.05) is 30.3 Å². The second-order valence-corrected chi connectivity index (χ2v) is 5.12. The van der Waals surface area contributed by atoms with Gasteiger partial charge >= 0.3 is 0 Å². The zero-order valence-corrected chi connectivity index (χ0v) is 12.1. The summed E-state index contributed by atoms with van der Waals surface area (Å²) in [7, 11) is 0. The van der Waals surface area contributed by atoms with Crippen LogP contribution in [0, 0.1) is 0 Å². The van der Waals surface area contributed by atoms with Crippen LogP contribution in [0.2, 0.25) is 5.15 Å². The minimum atomic E-state index is -0.139. The van der Waals surface area contributed by atoms with E-state index >= 15 is 0 Å². The number of hydrogen-bond donors (Lipinski definition) is 0. The van der Waals surface area contributed by atoms with Crippen molar-refractivity contribution >= 4 is 23.3 Å². The number of pyridine rings is 1. The van der Waals surface area contributed by atoms with Gasteiger partial charge in [-0.3, -0.25) is 14.7 Å². The first-order chi connectivity index (χ1) is 10.3. The third-order valence-corrected chi connectivity index (χ3v) is 3.67. The third-order valence-electron chi connectivity index (χ3n) is 3.37. The van der Waals surface area contributed by atoms with Crippen molar-refractivity contribution in [3.63, 3.8) is 0 Å². The van der Waals surface area contributed by atoms with Gasteiger partial charge in [0, 0.05) is 19.2 Å². The normalized spacial score (nSPS) is 14.1. The molecule has 1 aromatic carbocycles. The number of nitrogens with zero attached hydrogens (tertiary/aromatic N) is 3. The van der Waals surface area contributed by atoms with Gasteiger partial charge in [-0.05, 0) is 17.7 Å². The average Bonchev–Trinajstić information content (AvgIpc) is 2.96. The number of carbonyl (C=O) groups is 1. The van der Waals surface area contributed by atoms with Gasteiger partial charge in [0.25, 0.3) is 5.91 Å². The number of aromatic nitrogens is 1. The molecular formula is C16H14ClN3O. The maximum absolute atomic E-state index is 12.6.